The molecule has 0 bridgehead atoms. The van der Waals surface area contributed by atoms with Crippen LogP contribution >= 0.6 is 0 Å². The molecule has 2 saturated heterocycles. The third-order valence-electron chi connectivity index (χ3n) is 7.43. The minimum Gasteiger partial charge on any atom is -0.497 e. The zero-order valence-electron chi connectivity index (χ0n) is 18.9. The maximum Gasteiger partial charge on any atom is 0.227 e. The number of likely N-dealkylation sites (N-methyl/N-ethyl adjacent to an activating group) is 1. The summed E-state index contributed by atoms with van der Waals surface area (Å²) in [6, 6.07) is 7.45. The topological polar surface area (TPSA) is 65.1 Å². The number of carbonyl (C=O) groups excluding carboxylic acids is 2. The number of nitrogens with zero attached hydrogens (tertiary/aromatic N) is 3. The maximum absolute atomic E-state index is 13.1. The number of hydrogen-bond donors (Lipinski definition) is 1. The molecule has 1 aliphatic carbocycles. The van der Waals surface area contributed by atoms with Crippen LogP contribution in [-0.2, 0) is 9.59 Å². The molecule has 7 heteroatoms. The van der Waals surface area contributed by atoms with Gasteiger partial charge in [0.05, 0.1) is 13.0 Å². The molecule has 1 aromatic carbocycles. The summed E-state index contributed by atoms with van der Waals surface area (Å²) in [7, 11) is 3.80. The van der Waals surface area contributed by atoms with Gasteiger partial charge in [-0.1, -0.05) is 19.3 Å². The number of piperazine rings is 1. The molecule has 1 saturated carbocycles. The molecule has 0 aromatic heterocycles. The van der Waals surface area contributed by atoms with Gasteiger partial charge in [0, 0.05) is 56.9 Å². The summed E-state index contributed by atoms with van der Waals surface area (Å²) in [5.41, 5.74) is 0.898. The van der Waals surface area contributed by atoms with Gasteiger partial charge in [0.2, 0.25) is 11.8 Å². The van der Waals surface area contributed by atoms with Crippen LogP contribution in [0.2, 0.25) is 0 Å². The zero-order valence-corrected chi connectivity index (χ0v) is 18.9. The molecule has 1 N–H and O–H groups in total. The number of hydrogen-bond acceptors (Lipinski definition) is 5. The lowest BCUT2D eigenvalue weighted by atomic mass is 9.79. The fourth-order valence-electron chi connectivity index (χ4n) is 5.39. The number of ether oxygens (including phenoxy) is 1. The first-order chi connectivity index (χ1) is 15.0. The number of anilines is 1. The number of rotatable bonds is 6. The Hall–Kier alpha value is -2.12. The van der Waals surface area contributed by atoms with Crippen molar-refractivity contribution >= 4 is 17.5 Å². The van der Waals surface area contributed by atoms with Crippen molar-refractivity contribution in [3.8, 4) is 5.75 Å². The van der Waals surface area contributed by atoms with E-state index in [9.17, 15) is 9.59 Å². The average Bonchev–Trinajstić information content (AvgIpc) is 3.20. The van der Waals surface area contributed by atoms with Crippen LogP contribution in [0.5, 0.6) is 5.75 Å². The molecule has 0 spiro atoms. The molecule has 31 heavy (non-hydrogen) atoms. The second-order valence-electron chi connectivity index (χ2n) is 9.40. The van der Waals surface area contributed by atoms with Gasteiger partial charge < -0.3 is 19.9 Å². The number of methoxy groups -OCH3 is 1. The molecule has 0 unspecified atom stereocenters. The number of benzene rings is 1. The van der Waals surface area contributed by atoms with Crippen molar-refractivity contribution in [3.05, 3.63) is 24.3 Å². The highest BCUT2D eigenvalue weighted by Gasteiger charge is 2.41. The van der Waals surface area contributed by atoms with Gasteiger partial charge in [-0.2, -0.15) is 0 Å². The zero-order chi connectivity index (χ0) is 21.8. The Morgan fingerprint density at radius 1 is 1.10 bits per heavy atom. The Morgan fingerprint density at radius 2 is 1.77 bits per heavy atom. The first-order valence-corrected chi connectivity index (χ1v) is 11.7. The van der Waals surface area contributed by atoms with Crippen LogP contribution in [0.4, 0.5) is 5.69 Å². The van der Waals surface area contributed by atoms with Crippen molar-refractivity contribution in [2.75, 3.05) is 58.3 Å². The summed E-state index contributed by atoms with van der Waals surface area (Å²) < 4.78 is 5.20. The van der Waals surface area contributed by atoms with E-state index < -0.39 is 0 Å². The molecule has 4 rings (SSSR count). The van der Waals surface area contributed by atoms with Gasteiger partial charge in [-0.15, -0.1) is 0 Å². The van der Waals surface area contributed by atoms with Gasteiger partial charge in [-0.3, -0.25) is 14.5 Å². The fraction of sp³-hybridized carbons (Fsp3) is 0.667. The number of carbonyl (C=O) groups is 2. The molecular formula is C24H36N4O3. The lowest BCUT2D eigenvalue weighted by molar-refractivity contribution is -0.127. The van der Waals surface area contributed by atoms with Gasteiger partial charge in [0.25, 0.3) is 0 Å². The molecule has 1 atom stereocenters. The van der Waals surface area contributed by atoms with E-state index >= 15 is 0 Å². The van der Waals surface area contributed by atoms with E-state index in [2.05, 4.69) is 22.2 Å². The van der Waals surface area contributed by atoms with Crippen LogP contribution < -0.4 is 15.0 Å². The van der Waals surface area contributed by atoms with Gasteiger partial charge in [-0.05, 0) is 44.2 Å². The van der Waals surface area contributed by atoms with Crippen LogP contribution in [0.3, 0.4) is 0 Å². The molecular weight excluding hydrogens is 392 g/mol. The average molecular weight is 429 g/mol. The standard InChI is InChI=1S/C24H36N4O3/c1-26-12-14-27(15-13-26)24(10-4-3-5-11-24)18-25-23(30)19-16-22(29)28(17-19)20-6-8-21(31-2)9-7-20/h6-9,19H,3-5,10-18H2,1-2H3,(H,25,30)/t19-/m0/s1. The second-order valence-corrected chi connectivity index (χ2v) is 9.40. The summed E-state index contributed by atoms with van der Waals surface area (Å²) >= 11 is 0. The van der Waals surface area contributed by atoms with E-state index in [1.165, 1.54) is 19.3 Å². The van der Waals surface area contributed by atoms with Crippen LogP contribution in [0.15, 0.2) is 24.3 Å². The van der Waals surface area contributed by atoms with E-state index in [1.807, 2.05) is 24.3 Å². The second kappa shape index (κ2) is 9.57. The third-order valence-corrected chi connectivity index (χ3v) is 7.43. The summed E-state index contributed by atoms with van der Waals surface area (Å²) in [4.78, 5) is 32.4. The van der Waals surface area contributed by atoms with Crippen LogP contribution in [0.25, 0.3) is 0 Å². The van der Waals surface area contributed by atoms with Gasteiger partial charge >= 0.3 is 0 Å². The summed E-state index contributed by atoms with van der Waals surface area (Å²) in [6.07, 6.45) is 6.33. The van der Waals surface area contributed by atoms with E-state index in [0.29, 0.717) is 13.1 Å². The Labute approximate surface area is 185 Å². The predicted molar refractivity (Wildman–Crippen MR) is 121 cm³/mol. The normalized spacial score (nSPS) is 24.9. The predicted octanol–water partition coefficient (Wildman–Crippen LogP) is 2.11. The van der Waals surface area contributed by atoms with Gasteiger partial charge in [-0.25, -0.2) is 0 Å². The van der Waals surface area contributed by atoms with Crippen LogP contribution in [0, 0.1) is 5.92 Å². The molecule has 2 amide bonds. The third kappa shape index (κ3) is 4.88. The van der Waals surface area contributed by atoms with E-state index in [1.54, 1.807) is 12.0 Å². The van der Waals surface area contributed by atoms with E-state index in [4.69, 9.17) is 4.74 Å². The lowest BCUT2D eigenvalue weighted by Gasteiger charge is -2.49. The molecule has 0 radical (unpaired) electrons. The Kier molecular flexibility index (Phi) is 6.82. The molecule has 2 aliphatic heterocycles. The first kappa shape index (κ1) is 22.1. The molecule has 3 aliphatic rings. The minimum atomic E-state index is -0.289. The summed E-state index contributed by atoms with van der Waals surface area (Å²) in [5, 5.41) is 3.26. The van der Waals surface area contributed by atoms with Crippen molar-refractivity contribution in [2.45, 2.75) is 44.1 Å². The van der Waals surface area contributed by atoms with Gasteiger partial charge in [0.1, 0.15) is 5.75 Å². The Balaban J connectivity index is 1.37. The summed E-state index contributed by atoms with van der Waals surface area (Å²) in [6.45, 7) is 5.45. The Morgan fingerprint density at radius 3 is 2.42 bits per heavy atom. The quantitative estimate of drug-likeness (QED) is 0.752. The minimum absolute atomic E-state index is 0.0109. The van der Waals surface area contributed by atoms with Crippen molar-refractivity contribution < 1.29 is 14.3 Å². The highest BCUT2D eigenvalue weighted by molar-refractivity contribution is 6.00. The Bertz CT molecular complexity index is 768. The highest BCUT2D eigenvalue weighted by Crippen LogP contribution is 2.34. The van der Waals surface area contributed by atoms with Gasteiger partial charge in [0.15, 0.2) is 0 Å². The summed E-state index contributed by atoms with van der Waals surface area (Å²) in [5.74, 6) is 0.495. The van der Waals surface area contributed by atoms with Crippen molar-refractivity contribution in [1.29, 1.82) is 0 Å². The lowest BCUT2D eigenvalue weighted by Crippen LogP contribution is -2.61. The molecule has 3 fully saturated rings. The molecule has 7 nitrogen and oxygen atoms in total. The SMILES string of the molecule is COc1ccc(N2C[C@@H](C(=O)NCC3(N4CCN(C)CC4)CCCCC3)CC2=O)cc1. The van der Waals surface area contributed by atoms with Crippen molar-refractivity contribution in [2.24, 2.45) is 5.92 Å². The van der Waals surface area contributed by atoms with Crippen molar-refractivity contribution in [1.82, 2.24) is 15.1 Å². The van der Waals surface area contributed by atoms with Crippen LogP contribution in [-0.4, -0.2) is 80.6 Å². The van der Waals surface area contributed by atoms with Crippen molar-refractivity contribution in [3.63, 3.8) is 0 Å². The largest absolute Gasteiger partial charge is 0.497 e. The number of amides is 2. The smallest absolute Gasteiger partial charge is 0.227 e. The fourth-order valence-corrected chi connectivity index (χ4v) is 5.39. The molecule has 2 heterocycles. The van der Waals surface area contributed by atoms with Crippen LogP contribution in [0.1, 0.15) is 38.5 Å². The monoisotopic (exact) mass is 428 g/mol. The van der Waals surface area contributed by atoms with E-state index in [-0.39, 0.29) is 29.7 Å². The molecule has 1 aromatic rings. The number of nitrogens with one attached hydrogen (secondary N) is 1. The molecule has 170 valence electrons. The van der Waals surface area contributed by atoms with E-state index in [0.717, 1.165) is 50.5 Å². The first-order valence-electron chi connectivity index (χ1n) is 11.7. The highest BCUT2D eigenvalue weighted by atomic mass is 16.5. The maximum atomic E-state index is 13.1.